The molecule has 2 heterocycles. The second-order valence-electron chi connectivity index (χ2n) is 4.64. The third-order valence-electron chi connectivity index (χ3n) is 3.12. The highest BCUT2D eigenvalue weighted by molar-refractivity contribution is 7.09. The van der Waals surface area contributed by atoms with E-state index in [1.165, 1.54) is 11.3 Å². The van der Waals surface area contributed by atoms with Crippen LogP contribution in [0.5, 0.6) is 0 Å². The normalized spacial score (nSPS) is 21.3. The number of hydrogen-bond donors (Lipinski definition) is 1. The maximum Gasteiger partial charge on any atom is 0.0809 e. The van der Waals surface area contributed by atoms with Gasteiger partial charge in [0, 0.05) is 30.3 Å². The Balaban J connectivity index is 1.46. The van der Waals surface area contributed by atoms with Crippen LogP contribution >= 0.6 is 11.3 Å². The van der Waals surface area contributed by atoms with Gasteiger partial charge in [0.1, 0.15) is 0 Å². The molecule has 4 nitrogen and oxygen atoms in total. The van der Waals surface area contributed by atoms with Gasteiger partial charge in [0.05, 0.1) is 18.2 Å². The fourth-order valence-corrected chi connectivity index (χ4v) is 2.68. The molecule has 2 atom stereocenters. The molecule has 1 N–H and O–H groups in total. The molecule has 1 aliphatic rings. The Kier molecular flexibility index (Phi) is 6.07. The lowest BCUT2D eigenvalue weighted by molar-refractivity contribution is 0.0165. The minimum Gasteiger partial charge on any atom is -0.379 e. The molecule has 5 heteroatoms. The van der Waals surface area contributed by atoms with Crippen LogP contribution in [0.25, 0.3) is 0 Å². The van der Waals surface area contributed by atoms with E-state index in [-0.39, 0.29) is 0 Å². The van der Waals surface area contributed by atoms with Crippen LogP contribution in [-0.4, -0.2) is 37.5 Å². The van der Waals surface area contributed by atoms with Gasteiger partial charge in [-0.05, 0) is 32.7 Å². The van der Waals surface area contributed by atoms with Crippen LogP contribution in [0.3, 0.4) is 0 Å². The Bertz CT molecular complexity index is 313. The highest BCUT2D eigenvalue weighted by Crippen LogP contribution is 2.16. The molecule has 1 aliphatic heterocycles. The van der Waals surface area contributed by atoms with E-state index in [0.717, 1.165) is 39.2 Å². The van der Waals surface area contributed by atoms with Gasteiger partial charge in [0.2, 0.25) is 0 Å². The fraction of sp³-hybridized carbons (Fsp3) is 0.769. The molecule has 0 saturated carbocycles. The summed E-state index contributed by atoms with van der Waals surface area (Å²) in [5, 5.41) is 3.47. The molecule has 0 aliphatic carbocycles. The first-order valence-electron chi connectivity index (χ1n) is 6.67. The van der Waals surface area contributed by atoms with E-state index in [0.29, 0.717) is 12.1 Å². The molecule has 0 amide bonds. The van der Waals surface area contributed by atoms with Gasteiger partial charge < -0.3 is 14.8 Å². The molecular weight excluding hydrogens is 248 g/mol. The molecule has 2 rings (SSSR count). The summed E-state index contributed by atoms with van der Waals surface area (Å²) < 4.78 is 11.1. The first kappa shape index (κ1) is 13.9. The number of nitrogens with one attached hydrogen (secondary N) is 1. The topological polar surface area (TPSA) is 43.4 Å². The molecule has 18 heavy (non-hydrogen) atoms. The number of rotatable bonds is 8. The lowest BCUT2D eigenvalue weighted by Crippen LogP contribution is -2.21. The molecule has 1 aromatic rings. The average molecular weight is 270 g/mol. The van der Waals surface area contributed by atoms with E-state index in [9.17, 15) is 0 Å². The second-order valence-corrected chi connectivity index (χ2v) is 5.56. The van der Waals surface area contributed by atoms with Crippen LogP contribution in [0, 0.1) is 0 Å². The number of hydrogen-bond acceptors (Lipinski definition) is 5. The van der Waals surface area contributed by atoms with Crippen molar-refractivity contribution in [2.45, 2.75) is 38.3 Å². The van der Waals surface area contributed by atoms with E-state index >= 15 is 0 Å². The minimum absolute atomic E-state index is 0.342. The zero-order valence-electron chi connectivity index (χ0n) is 10.9. The number of ether oxygens (including phenoxy) is 2. The van der Waals surface area contributed by atoms with Crippen molar-refractivity contribution in [1.29, 1.82) is 0 Å². The number of aromatic nitrogens is 1. The monoisotopic (exact) mass is 270 g/mol. The van der Waals surface area contributed by atoms with E-state index in [2.05, 4.69) is 17.2 Å². The average Bonchev–Trinajstić information content (AvgIpc) is 3.05. The van der Waals surface area contributed by atoms with Crippen molar-refractivity contribution < 1.29 is 9.47 Å². The van der Waals surface area contributed by atoms with Crippen LogP contribution < -0.4 is 5.32 Å². The van der Waals surface area contributed by atoms with Gasteiger partial charge in [0.15, 0.2) is 0 Å². The maximum atomic E-state index is 5.62. The van der Waals surface area contributed by atoms with Crippen LogP contribution in [0.15, 0.2) is 11.7 Å². The molecule has 1 aromatic heterocycles. The van der Waals surface area contributed by atoms with E-state index in [1.807, 2.05) is 11.7 Å². The first-order chi connectivity index (χ1) is 8.86. The standard InChI is InChI=1S/C13H22N2O2S/c1-11(13-8-14-10-18-13)15-5-3-6-16-9-12-4-2-7-17-12/h8,10-12,15H,2-7,9H2,1H3. The number of nitrogens with zero attached hydrogens (tertiary/aromatic N) is 1. The molecule has 0 aromatic carbocycles. The van der Waals surface area contributed by atoms with Gasteiger partial charge in [-0.25, -0.2) is 0 Å². The molecule has 1 fully saturated rings. The predicted octanol–water partition coefficient (Wildman–Crippen LogP) is 2.38. The van der Waals surface area contributed by atoms with Crippen molar-refractivity contribution in [2.75, 3.05) is 26.4 Å². The SMILES string of the molecule is CC(NCCCOCC1CCCO1)c1cncs1. The minimum atomic E-state index is 0.342. The third kappa shape index (κ3) is 4.65. The quantitative estimate of drug-likeness (QED) is 0.737. The molecule has 0 radical (unpaired) electrons. The second kappa shape index (κ2) is 7.84. The van der Waals surface area contributed by atoms with Gasteiger partial charge >= 0.3 is 0 Å². The van der Waals surface area contributed by atoms with Crippen molar-refractivity contribution in [3.63, 3.8) is 0 Å². The van der Waals surface area contributed by atoms with Crippen molar-refractivity contribution in [1.82, 2.24) is 10.3 Å². The number of thiazole rings is 1. The molecule has 0 bridgehead atoms. The highest BCUT2D eigenvalue weighted by atomic mass is 32.1. The van der Waals surface area contributed by atoms with Crippen molar-refractivity contribution in [3.05, 3.63) is 16.6 Å². The van der Waals surface area contributed by atoms with Crippen molar-refractivity contribution >= 4 is 11.3 Å². The molecule has 102 valence electrons. The summed E-state index contributed by atoms with van der Waals surface area (Å²) in [6.07, 6.45) is 5.64. The zero-order valence-corrected chi connectivity index (χ0v) is 11.7. The molecular formula is C13H22N2O2S. The smallest absolute Gasteiger partial charge is 0.0809 e. The van der Waals surface area contributed by atoms with Gasteiger partial charge in [-0.3, -0.25) is 4.98 Å². The van der Waals surface area contributed by atoms with Crippen LogP contribution in [0.4, 0.5) is 0 Å². The Morgan fingerprint density at radius 3 is 3.33 bits per heavy atom. The van der Waals surface area contributed by atoms with E-state index < -0.39 is 0 Å². The van der Waals surface area contributed by atoms with Crippen molar-refractivity contribution in [3.8, 4) is 0 Å². The Labute approximate surface area is 113 Å². The summed E-state index contributed by atoms with van der Waals surface area (Å²) in [5.74, 6) is 0. The Morgan fingerprint density at radius 1 is 1.67 bits per heavy atom. The first-order valence-corrected chi connectivity index (χ1v) is 7.55. The summed E-state index contributed by atoms with van der Waals surface area (Å²) in [4.78, 5) is 5.37. The predicted molar refractivity (Wildman–Crippen MR) is 72.9 cm³/mol. The van der Waals surface area contributed by atoms with E-state index in [1.54, 1.807) is 11.3 Å². The molecule has 1 saturated heterocycles. The third-order valence-corrected chi connectivity index (χ3v) is 4.08. The van der Waals surface area contributed by atoms with Crippen LogP contribution in [0.1, 0.15) is 37.1 Å². The maximum absolute atomic E-state index is 5.62. The van der Waals surface area contributed by atoms with Gasteiger partial charge in [-0.15, -0.1) is 11.3 Å². The van der Waals surface area contributed by atoms with Gasteiger partial charge in [-0.1, -0.05) is 0 Å². The summed E-state index contributed by atoms with van der Waals surface area (Å²) in [6, 6.07) is 0.385. The van der Waals surface area contributed by atoms with Crippen molar-refractivity contribution in [2.24, 2.45) is 0 Å². The lowest BCUT2D eigenvalue weighted by Gasteiger charge is -2.12. The summed E-state index contributed by atoms with van der Waals surface area (Å²) in [5.41, 5.74) is 1.87. The highest BCUT2D eigenvalue weighted by Gasteiger charge is 2.14. The van der Waals surface area contributed by atoms with Gasteiger partial charge in [0.25, 0.3) is 0 Å². The summed E-state index contributed by atoms with van der Waals surface area (Å²) in [7, 11) is 0. The largest absolute Gasteiger partial charge is 0.379 e. The Morgan fingerprint density at radius 2 is 2.61 bits per heavy atom. The molecule has 0 spiro atoms. The van der Waals surface area contributed by atoms with Crippen LogP contribution in [-0.2, 0) is 9.47 Å². The van der Waals surface area contributed by atoms with E-state index in [4.69, 9.17) is 9.47 Å². The summed E-state index contributed by atoms with van der Waals surface area (Å²) >= 11 is 1.69. The lowest BCUT2D eigenvalue weighted by atomic mass is 10.2. The van der Waals surface area contributed by atoms with Crippen LogP contribution in [0.2, 0.25) is 0 Å². The summed E-state index contributed by atoms with van der Waals surface area (Å²) in [6.45, 7) is 5.61. The Hall–Kier alpha value is -0.490. The molecule has 2 unspecified atom stereocenters. The fourth-order valence-electron chi connectivity index (χ4n) is 2.02. The van der Waals surface area contributed by atoms with Gasteiger partial charge in [-0.2, -0.15) is 0 Å². The zero-order chi connectivity index (χ0) is 12.6.